The molecule has 0 saturated heterocycles. The minimum atomic E-state index is -0.294. The predicted octanol–water partition coefficient (Wildman–Crippen LogP) is 2.00. The van der Waals surface area contributed by atoms with Crippen LogP contribution in [0.4, 0.5) is 5.69 Å². The summed E-state index contributed by atoms with van der Waals surface area (Å²) in [5.41, 5.74) is 7.25. The van der Waals surface area contributed by atoms with Gasteiger partial charge in [0.25, 0.3) is 5.91 Å². The maximum absolute atomic E-state index is 12.2. The largest absolute Gasteiger partial charge is 0.378 e. The fourth-order valence-electron chi connectivity index (χ4n) is 1.99. The van der Waals surface area contributed by atoms with Crippen LogP contribution in [0.5, 0.6) is 0 Å². The Morgan fingerprint density at radius 1 is 1.21 bits per heavy atom. The van der Waals surface area contributed by atoms with Gasteiger partial charge in [-0.2, -0.15) is 0 Å². The van der Waals surface area contributed by atoms with Gasteiger partial charge in [0, 0.05) is 31.9 Å². The Kier molecular flexibility index (Phi) is 5.36. The van der Waals surface area contributed by atoms with Crippen molar-refractivity contribution in [1.29, 1.82) is 0 Å². The van der Waals surface area contributed by atoms with E-state index < -0.39 is 0 Å². The zero-order valence-electron chi connectivity index (χ0n) is 12.4. The summed E-state index contributed by atoms with van der Waals surface area (Å²) in [6.45, 7) is 4.55. The molecule has 0 aliphatic heterocycles. The normalized spacial score (nSPS) is 11.2. The van der Waals surface area contributed by atoms with Crippen molar-refractivity contribution < 1.29 is 4.79 Å². The number of nitrogens with zero attached hydrogens (tertiary/aromatic N) is 1. The van der Waals surface area contributed by atoms with Crippen LogP contribution in [0.25, 0.3) is 0 Å². The molecule has 0 spiro atoms. The zero-order valence-corrected chi connectivity index (χ0v) is 12.4. The minimum Gasteiger partial charge on any atom is -0.378 e. The van der Waals surface area contributed by atoms with Crippen molar-refractivity contribution >= 4 is 11.6 Å². The van der Waals surface area contributed by atoms with Gasteiger partial charge in [0.2, 0.25) is 0 Å². The van der Waals surface area contributed by atoms with Crippen LogP contribution in [0.1, 0.15) is 37.0 Å². The Balaban J connectivity index is 2.83. The Morgan fingerprint density at radius 2 is 1.74 bits per heavy atom. The molecule has 0 heterocycles. The van der Waals surface area contributed by atoms with E-state index in [0.717, 1.165) is 18.5 Å². The smallest absolute Gasteiger partial charge is 0.251 e. The van der Waals surface area contributed by atoms with Crippen molar-refractivity contribution in [2.24, 2.45) is 5.73 Å². The lowest BCUT2D eigenvalue weighted by atomic mass is 9.92. The number of hydrogen-bond donors (Lipinski definition) is 2. The molecule has 0 aliphatic carbocycles. The average molecular weight is 263 g/mol. The number of amides is 1. The van der Waals surface area contributed by atoms with Gasteiger partial charge >= 0.3 is 0 Å². The molecular formula is C15H25N3O. The van der Waals surface area contributed by atoms with Gasteiger partial charge in [-0.3, -0.25) is 4.79 Å². The van der Waals surface area contributed by atoms with E-state index in [0.29, 0.717) is 12.1 Å². The number of rotatable bonds is 6. The van der Waals surface area contributed by atoms with E-state index in [-0.39, 0.29) is 11.4 Å². The summed E-state index contributed by atoms with van der Waals surface area (Å²) < 4.78 is 0. The highest BCUT2D eigenvalue weighted by atomic mass is 16.1. The highest BCUT2D eigenvalue weighted by molar-refractivity contribution is 5.95. The fraction of sp³-hybridized carbons (Fsp3) is 0.533. The third kappa shape index (κ3) is 3.70. The maximum atomic E-state index is 12.2. The van der Waals surface area contributed by atoms with Crippen LogP contribution in [0.2, 0.25) is 0 Å². The number of carbonyl (C=O) groups excluding carboxylic acids is 1. The highest BCUT2D eigenvalue weighted by Gasteiger charge is 2.26. The van der Waals surface area contributed by atoms with E-state index in [1.807, 2.05) is 57.1 Å². The van der Waals surface area contributed by atoms with E-state index in [1.54, 1.807) is 0 Å². The van der Waals surface area contributed by atoms with Crippen molar-refractivity contribution in [2.75, 3.05) is 25.5 Å². The average Bonchev–Trinajstić information content (AvgIpc) is 2.45. The van der Waals surface area contributed by atoms with E-state index >= 15 is 0 Å². The Bertz CT molecular complexity index is 400. The summed E-state index contributed by atoms with van der Waals surface area (Å²) >= 11 is 0. The molecule has 0 radical (unpaired) electrons. The molecule has 0 unspecified atom stereocenters. The van der Waals surface area contributed by atoms with Gasteiger partial charge in [0.1, 0.15) is 0 Å². The molecule has 4 nitrogen and oxygen atoms in total. The number of carbonyl (C=O) groups is 1. The van der Waals surface area contributed by atoms with E-state index in [4.69, 9.17) is 5.73 Å². The monoisotopic (exact) mass is 263 g/mol. The lowest BCUT2D eigenvalue weighted by Gasteiger charge is -2.31. The number of hydrogen-bond acceptors (Lipinski definition) is 3. The van der Waals surface area contributed by atoms with Crippen LogP contribution >= 0.6 is 0 Å². The van der Waals surface area contributed by atoms with Gasteiger partial charge < -0.3 is 16.0 Å². The Labute approximate surface area is 116 Å². The molecule has 1 amide bonds. The first-order chi connectivity index (χ1) is 8.98. The molecule has 0 aliphatic rings. The van der Waals surface area contributed by atoms with E-state index in [9.17, 15) is 4.79 Å². The topological polar surface area (TPSA) is 58.4 Å². The number of nitrogens with two attached hydrogens (primary N) is 1. The molecule has 1 aromatic rings. The summed E-state index contributed by atoms with van der Waals surface area (Å²) in [4.78, 5) is 14.2. The van der Waals surface area contributed by atoms with Crippen LogP contribution in [-0.2, 0) is 0 Å². The summed E-state index contributed by atoms with van der Waals surface area (Å²) in [6.07, 6.45) is 1.67. The van der Waals surface area contributed by atoms with Crippen molar-refractivity contribution in [3.63, 3.8) is 0 Å². The molecule has 0 bridgehead atoms. The van der Waals surface area contributed by atoms with Crippen molar-refractivity contribution in [3.05, 3.63) is 29.8 Å². The first-order valence-electron chi connectivity index (χ1n) is 6.78. The molecular weight excluding hydrogens is 238 g/mol. The summed E-state index contributed by atoms with van der Waals surface area (Å²) in [5, 5.41) is 3.07. The Hall–Kier alpha value is -1.55. The SMILES string of the molecule is CCC(CC)(CN)NC(=O)c1ccc(N(C)C)cc1. The summed E-state index contributed by atoms with van der Waals surface area (Å²) in [7, 11) is 3.95. The number of benzene rings is 1. The molecule has 3 N–H and O–H groups in total. The predicted molar refractivity (Wildman–Crippen MR) is 80.6 cm³/mol. The molecule has 19 heavy (non-hydrogen) atoms. The first-order valence-corrected chi connectivity index (χ1v) is 6.78. The molecule has 0 atom stereocenters. The van der Waals surface area contributed by atoms with E-state index in [2.05, 4.69) is 5.32 Å². The van der Waals surface area contributed by atoms with Gasteiger partial charge in [-0.15, -0.1) is 0 Å². The quantitative estimate of drug-likeness (QED) is 0.825. The van der Waals surface area contributed by atoms with Crippen LogP contribution in [0.15, 0.2) is 24.3 Å². The second kappa shape index (κ2) is 6.57. The zero-order chi connectivity index (χ0) is 14.5. The van der Waals surface area contributed by atoms with Gasteiger partial charge in [0.15, 0.2) is 0 Å². The second-order valence-corrected chi connectivity index (χ2v) is 5.09. The van der Waals surface area contributed by atoms with E-state index in [1.165, 1.54) is 0 Å². The third-order valence-corrected chi connectivity index (χ3v) is 3.77. The maximum Gasteiger partial charge on any atom is 0.251 e. The standard InChI is InChI=1S/C15H25N3O/c1-5-15(6-2,11-16)17-14(19)12-7-9-13(10-8-12)18(3)4/h7-10H,5-6,11,16H2,1-4H3,(H,17,19). The summed E-state index contributed by atoms with van der Waals surface area (Å²) in [6, 6.07) is 7.57. The van der Waals surface area contributed by atoms with Crippen LogP contribution in [-0.4, -0.2) is 32.1 Å². The van der Waals surface area contributed by atoms with Crippen LogP contribution in [0, 0.1) is 0 Å². The number of nitrogens with one attached hydrogen (secondary N) is 1. The van der Waals surface area contributed by atoms with Crippen molar-refractivity contribution in [1.82, 2.24) is 5.32 Å². The molecule has 0 fully saturated rings. The van der Waals surface area contributed by atoms with Gasteiger partial charge in [0.05, 0.1) is 5.54 Å². The van der Waals surface area contributed by atoms with Crippen LogP contribution < -0.4 is 16.0 Å². The molecule has 1 rings (SSSR count). The second-order valence-electron chi connectivity index (χ2n) is 5.09. The molecule has 1 aromatic carbocycles. The van der Waals surface area contributed by atoms with Gasteiger partial charge in [-0.05, 0) is 37.1 Å². The molecule has 4 heteroatoms. The van der Waals surface area contributed by atoms with Crippen molar-refractivity contribution in [2.45, 2.75) is 32.2 Å². The lowest BCUT2D eigenvalue weighted by molar-refractivity contribution is 0.0895. The van der Waals surface area contributed by atoms with Gasteiger partial charge in [-0.1, -0.05) is 13.8 Å². The third-order valence-electron chi connectivity index (χ3n) is 3.77. The highest BCUT2D eigenvalue weighted by Crippen LogP contribution is 2.16. The Morgan fingerprint density at radius 3 is 2.11 bits per heavy atom. The lowest BCUT2D eigenvalue weighted by Crippen LogP contribution is -2.52. The molecule has 0 saturated carbocycles. The molecule has 0 aromatic heterocycles. The van der Waals surface area contributed by atoms with Gasteiger partial charge in [-0.25, -0.2) is 0 Å². The number of anilines is 1. The summed E-state index contributed by atoms with van der Waals surface area (Å²) in [5.74, 6) is -0.0561. The van der Waals surface area contributed by atoms with Crippen LogP contribution in [0.3, 0.4) is 0 Å². The fourth-order valence-corrected chi connectivity index (χ4v) is 1.99. The van der Waals surface area contributed by atoms with Crippen molar-refractivity contribution in [3.8, 4) is 0 Å². The first kappa shape index (κ1) is 15.5. The molecule has 106 valence electrons. The minimum absolute atomic E-state index is 0.0561.